The second-order valence-electron chi connectivity index (χ2n) is 6.39. The molecule has 0 spiro atoms. The van der Waals surface area contributed by atoms with Crippen LogP contribution in [-0.2, 0) is 6.42 Å². The minimum absolute atomic E-state index is 0. The highest BCUT2D eigenvalue weighted by atomic mass is 127. The quantitative estimate of drug-likeness (QED) is 0.352. The van der Waals surface area contributed by atoms with Crippen molar-refractivity contribution in [3.05, 3.63) is 15.6 Å². The van der Waals surface area contributed by atoms with Crippen molar-refractivity contribution >= 4 is 41.3 Å². The summed E-state index contributed by atoms with van der Waals surface area (Å²) in [6.45, 7) is 11.1. The number of thiazole rings is 1. The molecule has 5 nitrogen and oxygen atoms in total. The number of guanidine groups is 1. The second-order valence-corrected chi connectivity index (χ2v) is 7.68. The van der Waals surface area contributed by atoms with Crippen LogP contribution in [0.4, 0.5) is 0 Å². The summed E-state index contributed by atoms with van der Waals surface area (Å²) < 4.78 is 0. The number of aryl methyl sites for hydroxylation is 2. The van der Waals surface area contributed by atoms with Gasteiger partial charge in [-0.2, -0.15) is 0 Å². The van der Waals surface area contributed by atoms with Crippen molar-refractivity contribution in [2.75, 3.05) is 26.7 Å². The van der Waals surface area contributed by atoms with E-state index in [2.05, 4.69) is 55.3 Å². The average Bonchev–Trinajstić information content (AvgIpc) is 3.31. The molecular formula is C17H32IN5S. The predicted octanol–water partition coefficient (Wildman–Crippen LogP) is 2.96. The van der Waals surface area contributed by atoms with Gasteiger partial charge < -0.3 is 10.6 Å². The Bertz CT molecular complexity index is 508. The van der Waals surface area contributed by atoms with Crippen molar-refractivity contribution in [1.82, 2.24) is 20.5 Å². The number of aromatic nitrogens is 1. The molecule has 1 aliphatic rings. The molecule has 1 aromatic rings. The number of rotatable bonds is 8. The van der Waals surface area contributed by atoms with Gasteiger partial charge in [0.25, 0.3) is 0 Å². The topological polar surface area (TPSA) is 52.6 Å². The molecule has 2 rings (SSSR count). The van der Waals surface area contributed by atoms with Crippen LogP contribution >= 0.6 is 35.3 Å². The highest BCUT2D eigenvalue weighted by molar-refractivity contribution is 14.0. The molecule has 2 N–H and O–H groups in total. The summed E-state index contributed by atoms with van der Waals surface area (Å²) in [5.41, 5.74) is 1.16. The molecule has 0 amide bonds. The lowest BCUT2D eigenvalue weighted by Gasteiger charge is -2.23. The van der Waals surface area contributed by atoms with E-state index in [0.717, 1.165) is 43.8 Å². The van der Waals surface area contributed by atoms with Crippen LogP contribution in [0.25, 0.3) is 0 Å². The van der Waals surface area contributed by atoms with Gasteiger partial charge >= 0.3 is 0 Å². The first-order valence-electron chi connectivity index (χ1n) is 8.68. The molecule has 0 saturated heterocycles. The van der Waals surface area contributed by atoms with E-state index in [4.69, 9.17) is 4.99 Å². The lowest BCUT2D eigenvalue weighted by atomic mass is 10.3. The molecule has 1 aliphatic carbocycles. The van der Waals surface area contributed by atoms with Crippen molar-refractivity contribution in [3.63, 3.8) is 0 Å². The van der Waals surface area contributed by atoms with Gasteiger partial charge in [0.15, 0.2) is 5.96 Å². The Kier molecular flexibility index (Phi) is 9.51. The molecule has 1 aromatic heterocycles. The summed E-state index contributed by atoms with van der Waals surface area (Å²) in [5.74, 6) is 0.911. The molecule has 1 saturated carbocycles. The molecule has 1 unspecified atom stereocenters. The Balaban J connectivity index is 0.00000288. The molecule has 0 radical (unpaired) electrons. The third-order valence-corrected chi connectivity index (χ3v) is 5.51. The molecule has 24 heavy (non-hydrogen) atoms. The van der Waals surface area contributed by atoms with Crippen molar-refractivity contribution < 1.29 is 0 Å². The normalized spacial score (nSPS) is 16.0. The molecule has 0 bridgehead atoms. The van der Waals surface area contributed by atoms with Gasteiger partial charge in [0.1, 0.15) is 0 Å². The SMILES string of the molecule is CCNC(=NCC(C)N(C)C1CC1)NCCc1nc(C)c(C)s1.I. The Labute approximate surface area is 167 Å². The minimum atomic E-state index is 0. The minimum Gasteiger partial charge on any atom is -0.357 e. The zero-order valence-electron chi connectivity index (χ0n) is 15.6. The van der Waals surface area contributed by atoms with E-state index in [1.807, 2.05) is 0 Å². The maximum Gasteiger partial charge on any atom is 0.191 e. The zero-order valence-corrected chi connectivity index (χ0v) is 18.7. The summed E-state index contributed by atoms with van der Waals surface area (Å²) in [6.07, 6.45) is 3.63. The number of halogens is 1. The van der Waals surface area contributed by atoms with Crippen molar-refractivity contribution in [1.29, 1.82) is 0 Å². The third kappa shape index (κ3) is 6.84. The molecule has 138 valence electrons. The Morgan fingerprint density at radius 3 is 2.62 bits per heavy atom. The number of aliphatic imine (C=N–C) groups is 1. The summed E-state index contributed by atoms with van der Waals surface area (Å²) in [4.78, 5) is 13.1. The van der Waals surface area contributed by atoms with E-state index in [0.29, 0.717) is 6.04 Å². The molecule has 1 atom stereocenters. The van der Waals surface area contributed by atoms with Crippen molar-refractivity contribution in [2.24, 2.45) is 4.99 Å². The molecule has 0 aromatic carbocycles. The zero-order chi connectivity index (χ0) is 16.8. The smallest absolute Gasteiger partial charge is 0.191 e. The molecule has 1 heterocycles. The van der Waals surface area contributed by atoms with Gasteiger partial charge in [0, 0.05) is 36.5 Å². The highest BCUT2D eigenvalue weighted by Crippen LogP contribution is 2.26. The highest BCUT2D eigenvalue weighted by Gasteiger charge is 2.28. The summed E-state index contributed by atoms with van der Waals surface area (Å²) in [5, 5.41) is 7.95. The number of hydrogen-bond donors (Lipinski definition) is 2. The van der Waals surface area contributed by atoms with Crippen LogP contribution in [-0.4, -0.2) is 54.6 Å². The first-order valence-corrected chi connectivity index (χ1v) is 9.50. The predicted molar refractivity (Wildman–Crippen MR) is 115 cm³/mol. The van der Waals surface area contributed by atoms with E-state index in [9.17, 15) is 0 Å². The van der Waals surface area contributed by atoms with E-state index >= 15 is 0 Å². The molecule has 1 fully saturated rings. The number of nitrogens with zero attached hydrogens (tertiary/aromatic N) is 3. The molecule has 0 aliphatic heterocycles. The van der Waals surface area contributed by atoms with Gasteiger partial charge in [-0.1, -0.05) is 0 Å². The van der Waals surface area contributed by atoms with Crippen molar-refractivity contribution in [3.8, 4) is 0 Å². The Hall–Kier alpha value is -0.410. The van der Waals surface area contributed by atoms with E-state index < -0.39 is 0 Å². The lowest BCUT2D eigenvalue weighted by Crippen LogP contribution is -2.40. The monoisotopic (exact) mass is 465 g/mol. The Morgan fingerprint density at radius 2 is 2.08 bits per heavy atom. The van der Waals surface area contributed by atoms with Crippen molar-refractivity contribution in [2.45, 2.75) is 59.0 Å². The standard InChI is InChI=1S/C17H31N5S.HI/c1-6-18-17(20-11-12(2)22(5)15-7-8-15)19-10-9-16-21-13(3)14(4)23-16;/h12,15H,6-11H2,1-5H3,(H2,18,19,20);1H. The number of nitrogens with one attached hydrogen (secondary N) is 2. The van der Waals surface area contributed by atoms with Gasteiger partial charge in [-0.15, -0.1) is 35.3 Å². The van der Waals surface area contributed by atoms with Crippen LogP contribution < -0.4 is 10.6 Å². The number of likely N-dealkylation sites (N-methyl/N-ethyl adjacent to an activating group) is 1. The molecule has 7 heteroatoms. The fraction of sp³-hybridized carbons (Fsp3) is 0.765. The third-order valence-electron chi connectivity index (χ3n) is 4.38. The van der Waals surface area contributed by atoms with Gasteiger partial charge in [-0.05, 0) is 47.6 Å². The average molecular weight is 465 g/mol. The van der Waals surface area contributed by atoms with Crippen LogP contribution in [0.2, 0.25) is 0 Å². The van der Waals surface area contributed by atoms with Gasteiger partial charge in [0.2, 0.25) is 0 Å². The van der Waals surface area contributed by atoms with Crippen LogP contribution in [0.5, 0.6) is 0 Å². The first-order chi connectivity index (χ1) is 11.0. The van der Waals surface area contributed by atoms with E-state index in [1.54, 1.807) is 11.3 Å². The van der Waals surface area contributed by atoms with Crippen LogP contribution in [0.1, 0.15) is 42.3 Å². The summed E-state index contributed by atoms with van der Waals surface area (Å²) in [7, 11) is 2.21. The largest absolute Gasteiger partial charge is 0.357 e. The van der Waals surface area contributed by atoms with Gasteiger partial charge in [0.05, 0.1) is 17.2 Å². The molecular weight excluding hydrogens is 433 g/mol. The summed E-state index contributed by atoms with van der Waals surface area (Å²) >= 11 is 1.79. The van der Waals surface area contributed by atoms with Gasteiger partial charge in [-0.25, -0.2) is 4.98 Å². The Morgan fingerprint density at radius 1 is 1.38 bits per heavy atom. The lowest BCUT2D eigenvalue weighted by molar-refractivity contribution is 0.253. The van der Waals surface area contributed by atoms with E-state index in [1.165, 1.54) is 22.7 Å². The number of hydrogen-bond acceptors (Lipinski definition) is 4. The van der Waals surface area contributed by atoms with Crippen LogP contribution in [0, 0.1) is 13.8 Å². The fourth-order valence-corrected chi connectivity index (χ4v) is 3.40. The van der Waals surface area contributed by atoms with Crippen LogP contribution in [0.15, 0.2) is 4.99 Å². The van der Waals surface area contributed by atoms with E-state index in [-0.39, 0.29) is 24.0 Å². The maximum absolute atomic E-state index is 4.73. The first kappa shape index (κ1) is 21.6. The maximum atomic E-state index is 4.73. The van der Waals surface area contributed by atoms with Crippen LogP contribution in [0.3, 0.4) is 0 Å². The van der Waals surface area contributed by atoms with Gasteiger partial charge in [-0.3, -0.25) is 9.89 Å². The fourth-order valence-electron chi connectivity index (χ4n) is 2.47. The summed E-state index contributed by atoms with van der Waals surface area (Å²) in [6, 6.07) is 1.27. The second kappa shape index (κ2) is 10.6.